The van der Waals surface area contributed by atoms with Crippen LogP contribution in [0, 0.1) is 0 Å². The minimum Gasteiger partial charge on any atom is -0.355 e. The average Bonchev–Trinajstić information content (AvgIpc) is 2.43. The van der Waals surface area contributed by atoms with Gasteiger partial charge in [0.25, 0.3) is 5.91 Å². The highest BCUT2D eigenvalue weighted by atomic mass is 32.2. The van der Waals surface area contributed by atoms with Crippen molar-refractivity contribution in [3.8, 4) is 0 Å². The van der Waals surface area contributed by atoms with Crippen molar-refractivity contribution in [2.45, 2.75) is 6.54 Å². The second-order valence-corrected chi connectivity index (χ2v) is 6.66. The van der Waals surface area contributed by atoms with E-state index in [9.17, 15) is 18.0 Å². The van der Waals surface area contributed by atoms with E-state index in [1.54, 1.807) is 24.3 Å². The molecule has 0 radical (unpaired) electrons. The van der Waals surface area contributed by atoms with Crippen molar-refractivity contribution < 1.29 is 18.0 Å². The van der Waals surface area contributed by atoms with Crippen LogP contribution in [0.1, 0.15) is 15.9 Å². The molecule has 116 valence electrons. The number of hydrogen-bond donors (Lipinski definition) is 2. The van der Waals surface area contributed by atoms with Crippen LogP contribution in [0.3, 0.4) is 0 Å². The molecule has 0 aromatic heterocycles. The standard InChI is InChI=1S/C13H19N3O4S/c1-14-13(18)11-6-4-5-10(7-11)8-15-12(17)9-16(2)21(3,19)20/h4-7H,8-9H2,1-3H3,(H,14,18)(H,15,17). The number of likely N-dealkylation sites (N-methyl/N-ethyl adjacent to an activating group) is 1. The molecule has 1 rings (SSSR count). The first kappa shape index (κ1) is 17.1. The predicted molar refractivity (Wildman–Crippen MR) is 79.2 cm³/mol. The van der Waals surface area contributed by atoms with Gasteiger partial charge in [-0.15, -0.1) is 0 Å². The van der Waals surface area contributed by atoms with Gasteiger partial charge in [-0.25, -0.2) is 8.42 Å². The molecule has 0 aliphatic carbocycles. The van der Waals surface area contributed by atoms with Crippen LogP contribution in [-0.2, 0) is 21.4 Å². The summed E-state index contributed by atoms with van der Waals surface area (Å²) in [5.41, 5.74) is 1.25. The molecule has 2 amide bonds. The van der Waals surface area contributed by atoms with Crippen LogP contribution < -0.4 is 10.6 Å². The largest absolute Gasteiger partial charge is 0.355 e. The molecule has 0 saturated carbocycles. The highest BCUT2D eigenvalue weighted by molar-refractivity contribution is 7.88. The summed E-state index contributed by atoms with van der Waals surface area (Å²) in [4.78, 5) is 23.1. The minimum absolute atomic E-state index is 0.208. The highest BCUT2D eigenvalue weighted by Crippen LogP contribution is 2.05. The summed E-state index contributed by atoms with van der Waals surface area (Å²) >= 11 is 0. The van der Waals surface area contributed by atoms with Crippen molar-refractivity contribution in [2.24, 2.45) is 0 Å². The molecule has 0 aliphatic rings. The summed E-state index contributed by atoms with van der Waals surface area (Å²) < 4.78 is 23.4. The molecule has 0 heterocycles. The van der Waals surface area contributed by atoms with Gasteiger partial charge in [0.2, 0.25) is 15.9 Å². The molecule has 21 heavy (non-hydrogen) atoms. The molecular weight excluding hydrogens is 294 g/mol. The Morgan fingerprint density at radius 1 is 1.29 bits per heavy atom. The lowest BCUT2D eigenvalue weighted by Crippen LogP contribution is -2.37. The molecule has 0 atom stereocenters. The van der Waals surface area contributed by atoms with Crippen LogP contribution in [0.25, 0.3) is 0 Å². The summed E-state index contributed by atoms with van der Waals surface area (Å²) in [6, 6.07) is 6.82. The number of carbonyl (C=O) groups excluding carboxylic acids is 2. The van der Waals surface area contributed by atoms with Gasteiger partial charge >= 0.3 is 0 Å². The monoisotopic (exact) mass is 313 g/mol. The van der Waals surface area contributed by atoms with Crippen LogP contribution in [0.2, 0.25) is 0 Å². The van der Waals surface area contributed by atoms with Crippen LogP contribution in [0.5, 0.6) is 0 Å². The van der Waals surface area contributed by atoms with Gasteiger partial charge in [-0.3, -0.25) is 9.59 Å². The molecule has 0 saturated heterocycles. The normalized spacial score (nSPS) is 11.2. The summed E-state index contributed by atoms with van der Waals surface area (Å²) in [6.07, 6.45) is 1.03. The first-order chi connectivity index (χ1) is 9.74. The first-order valence-electron chi connectivity index (χ1n) is 6.23. The minimum atomic E-state index is -3.38. The number of sulfonamides is 1. The Hall–Kier alpha value is -1.93. The molecule has 7 nitrogen and oxygen atoms in total. The third-order valence-electron chi connectivity index (χ3n) is 2.84. The van der Waals surface area contributed by atoms with Crippen LogP contribution in [-0.4, -0.2) is 51.4 Å². The smallest absolute Gasteiger partial charge is 0.251 e. The quantitative estimate of drug-likeness (QED) is 0.744. The summed E-state index contributed by atoms with van der Waals surface area (Å²) in [5.74, 6) is -0.617. The predicted octanol–water partition coefficient (Wildman–Crippen LogP) is -0.446. The Morgan fingerprint density at radius 2 is 1.95 bits per heavy atom. The molecule has 0 fully saturated rings. The number of benzene rings is 1. The van der Waals surface area contributed by atoms with Gasteiger partial charge in [0.15, 0.2) is 0 Å². The molecule has 0 spiro atoms. The Balaban J connectivity index is 2.59. The SMILES string of the molecule is CNC(=O)c1cccc(CNC(=O)CN(C)S(C)(=O)=O)c1. The highest BCUT2D eigenvalue weighted by Gasteiger charge is 2.14. The number of nitrogens with zero attached hydrogens (tertiary/aromatic N) is 1. The zero-order chi connectivity index (χ0) is 16.0. The van der Waals surface area contributed by atoms with E-state index in [1.165, 1.54) is 14.1 Å². The van der Waals surface area contributed by atoms with Gasteiger partial charge in [-0.2, -0.15) is 4.31 Å². The maximum atomic E-state index is 11.7. The first-order valence-corrected chi connectivity index (χ1v) is 8.08. The number of carbonyl (C=O) groups is 2. The van der Waals surface area contributed by atoms with Gasteiger partial charge in [-0.1, -0.05) is 12.1 Å². The van der Waals surface area contributed by atoms with Crippen molar-refractivity contribution in [1.29, 1.82) is 0 Å². The molecule has 1 aromatic carbocycles. The van der Waals surface area contributed by atoms with Crippen LogP contribution in [0.15, 0.2) is 24.3 Å². The topological polar surface area (TPSA) is 95.6 Å². The summed E-state index contributed by atoms with van der Waals surface area (Å²) in [5, 5.41) is 5.13. The molecular formula is C13H19N3O4S. The van der Waals surface area contributed by atoms with Crippen molar-refractivity contribution in [3.05, 3.63) is 35.4 Å². The Kier molecular flexibility index (Phi) is 5.86. The lowest BCUT2D eigenvalue weighted by Gasteiger charge is -2.13. The van der Waals surface area contributed by atoms with E-state index in [4.69, 9.17) is 0 Å². The summed E-state index contributed by atoms with van der Waals surface area (Å²) in [7, 11) is -0.509. The van der Waals surface area contributed by atoms with Crippen LogP contribution in [0.4, 0.5) is 0 Å². The number of hydrogen-bond acceptors (Lipinski definition) is 4. The number of rotatable bonds is 6. The van der Waals surface area contributed by atoms with Crippen LogP contribution >= 0.6 is 0 Å². The van der Waals surface area contributed by atoms with Crippen molar-refractivity contribution in [3.63, 3.8) is 0 Å². The van der Waals surface area contributed by atoms with E-state index < -0.39 is 15.9 Å². The Morgan fingerprint density at radius 3 is 2.52 bits per heavy atom. The molecule has 0 aliphatic heterocycles. The van der Waals surface area contributed by atoms with E-state index in [0.29, 0.717) is 5.56 Å². The second kappa shape index (κ2) is 7.19. The van der Waals surface area contributed by atoms with E-state index in [0.717, 1.165) is 16.1 Å². The van der Waals surface area contributed by atoms with Crippen molar-refractivity contribution in [1.82, 2.24) is 14.9 Å². The zero-order valence-electron chi connectivity index (χ0n) is 12.2. The van der Waals surface area contributed by atoms with Crippen molar-refractivity contribution in [2.75, 3.05) is 26.9 Å². The lowest BCUT2D eigenvalue weighted by molar-refractivity contribution is -0.121. The molecule has 1 aromatic rings. The molecule has 0 unspecified atom stereocenters. The Labute approximate surface area is 124 Å². The van der Waals surface area contributed by atoms with Gasteiger partial charge in [-0.05, 0) is 17.7 Å². The maximum absolute atomic E-state index is 11.7. The van der Waals surface area contributed by atoms with E-state index in [2.05, 4.69) is 10.6 Å². The fourth-order valence-electron chi connectivity index (χ4n) is 1.54. The number of amides is 2. The van der Waals surface area contributed by atoms with E-state index in [1.807, 2.05) is 0 Å². The van der Waals surface area contributed by atoms with E-state index in [-0.39, 0.29) is 19.0 Å². The fraction of sp³-hybridized carbons (Fsp3) is 0.385. The third-order valence-corrected chi connectivity index (χ3v) is 4.10. The molecule has 0 bridgehead atoms. The van der Waals surface area contributed by atoms with Gasteiger partial charge < -0.3 is 10.6 Å². The third kappa shape index (κ3) is 5.52. The zero-order valence-corrected chi connectivity index (χ0v) is 13.0. The summed E-state index contributed by atoms with van der Waals surface area (Å²) in [6.45, 7) is -0.0186. The number of nitrogens with one attached hydrogen (secondary N) is 2. The lowest BCUT2D eigenvalue weighted by atomic mass is 10.1. The van der Waals surface area contributed by atoms with Gasteiger partial charge in [0, 0.05) is 26.2 Å². The van der Waals surface area contributed by atoms with Gasteiger partial charge in [0.1, 0.15) is 0 Å². The van der Waals surface area contributed by atoms with Gasteiger partial charge in [0.05, 0.1) is 12.8 Å². The molecule has 2 N–H and O–H groups in total. The maximum Gasteiger partial charge on any atom is 0.251 e. The molecule has 8 heteroatoms. The Bertz CT molecular complexity index is 628. The van der Waals surface area contributed by atoms with E-state index >= 15 is 0 Å². The van der Waals surface area contributed by atoms with Crippen molar-refractivity contribution >= 4 is 21.8 Å². The second-order valence-electron chi connectivity index (χ2n) is 4.58. The fourth-order valence-corrected chi connectivity index (χ4v) is 1.89. The average molecular weight is 313 g/mol.